The zero-order chi connectivity index (χ0) is 27.1. The predicted molar refractivity (Wildman–Crippen MR) is 144 cm³/mol. The molecular formula is C28H30N8O3. The minimum absolute atomic E-state index is 0.0518. The van der Waals surface area contributed by atoms with Crippen molar-refractivity contribution >= 4 is 28.5 Å². The summed E-state index contributed by atoms with van der Waals surface area (Å²) in [6, 6.07) is 6.32. The van der Waals surface area contributed by atoms with Crippen molar-refractivity contribution in [2.75, 3.05) is 50.8 Å². The van der Waals surface area contributed by atoms with Crippen LogP contribution < -0.4 is 9.64 Å². The van der Waals surface area contributed by atoms with E-state index < -0.39 is 0 Å². The van der Waals surface area contributed by atoms with Gasteiger partial charge in [-0.1, -0.05) is 12.6 Å². The number of benzene rings is 1. The fourth-order valence-corrected chi connectivity index (χ4v) is 6.05. The fraction of sp³-hybridized carbons (Fsp3) is 0.429. The number of ether oxygens (including phenoxy) is 1. The Morgan fingerprint density at radius 1 is 1.18 bits per heavy atom. The van der Waals surface area contributed by atoms with Gasteiger partial charge in [-0.15, -0.1) is 0 Å². The van der Waals surface area contributed by atoms with Gasteiger partial charge in [0.1, 0.15) is 11.6 Å². The van der Waals surface area contributed by atoms with Crippen molar-refractivity contribution in [3.63, 3.8) is 0 Å². The van der Waals surface area contributed by atoms with E-state index >= 15 is 0 Å². The van der Waals surface area contributed by atoms with E-state index in [0.717, 1.165) is 54.4 Å². The molecule has 3 aliphatic rings. The number of anilines is 1. The summed E-state index contributed by atoms with van der Waals surface area (Å²) in [6.45, 7) is 9.49. The molecule has 3 fully saturated rings. The van der Waals surface area contributed by atoms with Crippen LogP contribution in [0.3, 0.4) is 0 Å². The third-order valence-electron chi connectivity index (χ3n) is 8.11. The topological polar surface area (TPSA) is 131 Å². The molecule has 2 amide bonds. The minimum Gasteiger partial charge on any atom is -0.453 e. The highest BCUT2D eigenvalue weighted by Gasteiger charge is 2.49. The Bertz CT molecular complexity index is 1510. The molecule has 0 saturated carbocycles. The molecule has 0 radical (unpaired) electrons. The fourth-order valence-electron chi connectivity index (χ4n) is 6.05. The number of aryl methyl sites for hydroxylation is 1. The minimum atomic E-state index is -0.164. The molecule has 1 spiro atoms. The van der Waals surface area contributed by atoms with Crippen LogP contribution in [0.2, 0.25) is 0 Å². The number of fused-ring (bicyclic) bond motifs is 1. The number of aromatic nitrogens is 4. The van der Waals surface area contributed by atoms with Crippen LogP contribution in [0.1, 0.15) is 30.4 Å². The number of hydrogen-bond donors (Lipinski definition) is 1. The second kappa shape index (κ2) is 9.69. The van der Waals surface area contributed by atoms with E-state index in [2.05, 4.69) is 32.7 Å². The molecule has 11 heteroatoms. The summed E-state index contributed by atoms with van der Waals surface area (Å²) >= 11 is 0. The molecule has 0 unspecified atom stereocenters. The molecule has 6 rings (SSSR count). The lowest BCUT2D eigenvalue weighted by molar-refractivity contribution is -0.136. The lowest BCUT2D eigenvalue weighted by atomic mass is 9.79. The summed E-state index contributed by atoms with van der Waals surface area (Å²) in [5, 5.41) is 18.4. The van der Waals surface area contributed by atoms with Crippen molar-refractivity contribution in [3.8, 4) is 23.3 Å². The van der Waals surface area contributed by atoms with E-state index in [1.54, 1.807) is 16.0 Å². The molecule has 39 heavy (non-hydrogen) atoms. The maximum atomic E-state index is 12.7. The third kappa shape index (κ3) is 4.35. The Hall–Kier alpha value is -4.46. The van der Waals surface area contributed by atoms with E-state index in [1.165, 1.54) is 6.08 Å². The van der Waals surface area contributed by atoms with Crippen LogP contribution in [-0.4, -0.2) is 87.7 Å². The number of nitriles is 1. The standard InChI is InChI=1S/C28H30N8O3/c1-3-22(37)36-16-28(17-36)8-11-35(15-28)26-19(12-29)25(24-18(2)6-7-21-20(24)13-30-33-21)31-27(32-26)39-14-23(38)34-9-4-5-10-34/h3,6-7,13H,1,4-5,8-11,14-17H2,2H3,(H,30,33). The number of carbonyl (C=O) groups is 2. The van der Waals surface area contributed by atoms with Gasteiger partial charge in [0.25, 0.3) is 5.91 Å². The van der Waals surface area contributed by atoms with Crippen LogP contribution in [0.4, 0.5) is 5.82 Å². The molecule has 0 atom stereocenters. The van der Waals surface area contributed by atoms with Crippen molar-refractivity contribution in [2.45, 2.75) is 26.2 Å². The molecule has 0 bridgehead atoms. The van der Waals surface area contributed by atoms with Crippen LogP contribution in [0, 0.1) is 23.7 Å². The molecule has 5 heterocycles. The van der Waals surface area contributed by atoms with E-state index in [9.17, 15) is 14.9 Å². The van der Waals surface area contributed by atoms with E-state index in [-0.39, 0.29) is 29.8 Å². The average molecular weight is 527 g/mol. The Labute approximate surface area is 226 Å². The monoisotopic (exact) mass is 526 g/mol. The van der Waals surface area contributed by atoms with Crippen molar-refractivity contribution in [1.82, 2.24) is 30.0 Å². The number of likely N-dealkylation sites (tertiary alicyclic amines) is 2. The number of nitrogens with zero attached hydrogens (tertiary/aromatic N) is 7. The molecule has 3 aromatic rings. The zero-order valence-corrected chi connectivity index (χ0v) is 21.9. The smallest absolute Gasteiger partial charge is 0.319 e. The van der Waals surface area contributed by atoms with E-state index in [0.29, 0.717) is 43.3 Å². The highest BCUT2D eigenvalue weighted by atomic mass is 16.5. The number of rotatable bonds is 6. The van der Waals surface area contributed by atoms with Gasteiger partial charge in [0.05, 0.1) is 17.4 Å². The number of hydrogen-bond acceptors (Lipinski definition) is 8. The lowest BCUT2D eigenvalue weighted by Crippen LogP contribution is -2.59. The number of nitrogens with one attached hydrogen (secondary N) is 1. The Morgan fingerprint density at radius 2 is 1.97 bits per heavy atom. The molecule has 1 aromatic carbocycles. The van der Waals surface area contributed by atoms with Crippen molar-refractivity contribution in [1.29, 1.82) is 5.26 Å². The zero-order valence-electron chi connectivity index (χ0n) is 21.9. The van der Waals surface area contributed by atoms with Crippen LogP contribution in [-0.2, 0) is 9.59 Å². The first-order valence-electron chi connectivity index (χ1n) is 13.2. The molecule has 200 valence electrons. The van der Waals surface area contributed by atoms with Crippen molar-refractivity contribution in [3.05, 3.63) is 42.1 Å². The number of H-pyrrole nitrogens is 1. The van der Waals surface area contributed by atoms with Crippen molar-refractivity contribution in [2.24, 2.45) is 5.41 Å². The summed E-state index contributed by atoms with van der Waals surface area (Å²) in [4.78, 5) is 39.8. The predicted octanol–water partition coefficient (Wildman–Crippen LogP) is 2.43. The summed E-state index contributed by atoms with van der Waals surface area (Å²) in [6.07, 6.45) is 5.93. The molecule has 3 aliphatic heterocycles. The van der Waals surface area contributed by atoms with Crippen molar-refractivity contribution < 1.29 is 14.3 Å². The first-order valence-corrected chi connectivity index (χ1v) is 13.2. The third-order valence-corrected chi connectivity index (χ3v) is 8.11. The van der Waals surface area contributed by atoms with Gasteiger partial charge in [-0.2, -0.15) is 20.3 Å². The Balaban J connectivity index is 1.38. The highest BCUT2D eigenvalue weighted by molar-refractivity contribution is 5.97. The normalized spacial score (nSPS) is 17.9. The quantitative estimate of drug-likeness (QED) is 0.485. The van der Waals surface area contributed by atoms with E-state index in [1.807, 2.05) is 19.1 Å². The largest absolute Gasteiger partial charge is 0.453 e. The molecule has 11 nitrogen and oxygen atoms in total. The Morgan fingerprint density at radius 3 is 2.72 bits per heavy atom. The molecular weight excluding hydrogens is 496 g/mol. The maximum absolute atomic E-state index is 12.7. The summed E-state index contributed by atoms with van der Waals surface area (Å²) in [5.41, 5.74) is 3.28. The van der Waals surface area contributed by atoms with Gasteiger partial charge < -0.3 is 19.4 Å². The SMILES string of the molecule is C=CC(=O)N1CC2(CCN(c3nc(OCC(=O)N4CCCC4)nc(-c4c(C)ccc5[nH]ncc45)c3C#N)C2)C1. The molecule has 3 saturated heterocycles. The maximum Gasteiger partial charge on any atom is 0.319 e. The number of carbonyl (C=O) groups excluding carboxylic acids is 2. The second-order valence-corrected chi connectivity index (χ2v) is 10.7. The van der Waals surface area contributed by atoms with Gasteiger partial charge in [-0.3, -0.25) is 14.7 Å². The number of aromatic amines is 1. The molecule has 2 aromatic heterocycles. The van der Waals surface area contributed by atoms with Gasteiger partial charge in [0.15, 0.2) is 12.4 Å². The lowest BCUT2D eigenvalue weighted by Gasteiger charge is -2.47. The van der Waals surface area contributed by atoms with Crippen LogP contribution >= 0.6 is 0 Å². The first-order chi connectivity index (χ1) is 18.9. The van der Waals surface area contributed by atoms with Gasteiger partial charge in [0.2, 0.25) is 5.91 Å². The average Bonchev–Trinajstić information content (AvgIpc) is 3.70. The van der Waals surface area contributed by atoms with Gasteiger partial charge in [-0.25, -0.2) is 0 Å². The molecule has 0 aliphatic carbocycles. The van der Waals surface area contributed by atoms with Crippen LogP contribution in [0.15, 0.2) is 31.0 Å². The van der Waals surface area contributed by atoms with E-state index in [4.69, 9.17) is 9.72 Å². The summed E-state index contributed by atoms with van der Waals surface area (Å²) in [7, 11) is 0. The van der Waals surface area contributed by atoms with Gasteiger partial charge in [0, 0.05) is 55.6 Å². The van der Waals surface area contributed by atoms with Gasteiger partial charge >= 0.3 is 6.01 Å². The first kappa shape index (κ1) is 24.9. The van der Waals surface area contributed by atoms with Crippen LogP contribution in [0.25, 0.3) is 22.2 Å². The van der Waals surface area contributed by atoms with Crippen LogP contribution in [0.5, 0.6) is 6.01 Å². The number of amides is 2. The second-order valence-electron chi connectivity index (χ2n) is 10.7. The Kier molecular flexibility index (Phi) is 6.17. The summed E-state index contributed by atoms with van der Waals surface area (Å²) in [5.74, 6) is 0.317. The highest BCUT2D eigenvalue weighted by Crippen LogP contribution is 2.43. The molecule has 1 N–H and O–H groups in total. The van der Waals surface area contributed by atoms with Gasteiger partial charge in [-0.05, 0) is 43.9 Å². The summed E-state index contributed by atoms with van der Waals surface area (Å²) < 4.78 is 5.89.